The summed E-state index contributed by atoms with van der Waals surface area (Å²) in [6.45, 7) is 2.68. The van der Waals surface area contributed by atoms with E-state index in [2.05, 4.69) is 21.3 Å². The Morgan fingerprint density at radius 3 is 2.96 bits per heavy atom. The summed E-state index contributed by atoms with van der Waals surface area (Å²) in [5.41, 5.74) is 1.02. The fraction of sp³-hybridized carbons (Fsp3) is 0.684. The van der Waals surface area contributed by atoms with Crippen LogP contribution in [-0.4, -0.2) is 42.0 Å². The van der Waals surface area contributed by atoms with Crippen molar-refractivity contribution < 1.29 is 9.53 Å². The Morgan fingerprint density at radius 1 is 1.21 bits per heavy atom. The number of fused-ring (bicyclic) bond motifs is 1. The fourth-order valence-corrected chi connectivity index (χ4v) is 4.05. The third-order valence-electron chi connectivity index (χ3n) is 5.31. The minimum absolute atomic E-state index is 0.133. The van der Waals surface area contributed by atoms with Gasteiger partial charge < -0.3 is 10.1 Å². The summed E-state index contributed by atoms with van der Waals surface area (Å²) in [6, 6.07) is 6.27. The zero-order valence-electron chi connectivity index (χ0n) is 14.7. The molecule has 1 aromatic heterocycles. The molecule has 1 amide bonds. The van der Waals surface area contributed by atoms with Gasteiger partial charge in [0.15, 0.2) is 0 Å². The van der Waals surface area contributed by atoms with E-state index in [4.69, 9.17) is 4.74 Å². The highest BCUT2D eigenvalue weighted by Gasteiger charge is 2.36. The van der Waals surface area contributed by atoms with E-state index >= 15 is 0 Å². The van der Waals surface area contributed by atoms with Crippen LogP contribution in [0.3, 0.4) is 0 Å². The molecule has 1 aliphatic heterocycles. The highest BCUT2D eigenvalue weighted by atomic mass is 16.5. The first-order valence-corrected chi connectivity index (χ1v) is 9.29. The van der Waals surface area contributed by atoms with Crippen LogP contribution in [0.4, 0.5) is 0 Å². The second-order valence-corrected chi connectivity index (χ2v) is 6.95. The Hall–Kier alpha value is -1.62. The van der Waals surface area contributed by atoms with Gasteiger partial charge in [-0.25, -0.2) is 4.98 Å². The van der Waals surface area contributed by atoms with Crippen molar-refractivity contribution >= 4 is 5.91 Å². The monoisotopic (exact) mass is 331 g/mol. The van der Waals surface area contributed by atoms with E-state index in [9.17, 15) is 4.79 Å². The van der Waals surface area contributed by atoms with Crippen LogP contribution in [0.2, 0.25) is 0 Å². The number of amides is 1. The molecule has 5 heteroatoms. The number of hydrogen-bond acceptors (Lipinski definition) is 4. The van der Waals surface area contributed by atoms with Gasteiger partial charge in [0.1, 0.15) is 0 Å². The molecule has 0 spiro atoms. The maximum absolute atomic E-state index is 12.6. The van der Waals surface area contributed by atoms with Gasteiger partial charge in [0.2, 0.25) is 11.8 Å². The zero-order chi connectivity index (χ0) is 16.8. The van der Waals surface area contributed by atoms with Crippen molar-refractivity contribution in [3.8, 4) is 5.88 Å². The summed E-state index contributed by atoms with van der Waals surface area (Å²) >= 11 is 0. The van der Waals surface area contributed by atoms with Gasteiger partial charge in [0, 0.05) is 25.2 Å². The summed E-state index contributed by atoms with van der Waals surface area (Å²) in [6.07, 6.45) is 7.99. The van der Waals surface area contributed by atoms with E-state index < -0.39 is 0 Å². The van der Waals surface area contributed by atoms with Crippen LogP contribution < -0.4 is 10.1 Å². The number of nitrogens with one attached hydrogen (secondary N) is 1. The predicted molar refractivity (Wildman–Crippen MR) is 93.8 cm³/mol. The highest BCUT2D eigenvalue weighted by Crippen LogP contribution is 2.32. The lowest BCUT2D eigenvalue weighted by Crippen LogP contribution is -2.44. The molecule has 1 saturated carbocycles. The number of methoxy groups -OCH3 is 1. The van der Waals surface area contributed by atoms with Crippen molar-refractivity contribution in [2.24, 2.45) is 5.92 Å². The quantitative estimate of drug-likeness (QED) is 0.925. The van der Waals surface area contributed by atoms with Gasteiger partial charge >= 0.3 is 0 Å². The molecule has 0 aromatic carbocycles. The molecular weight excluding hydrogens is 302 g/mol. The van der Waals surface area contributed by atoms with Crippen molar-refractivity contribution in [3.05, 3.63) is 23.9 Å². The third-order valence-corrected chi connectivity index (χ3v) is 5.31. The lowest BCUT2D eigenvalue weighted by molar-refractivity contribution is -0.126. The normalized spacial score (nSPS) is 26.3. The molecule has 1 saturated heterocycles. The van der Waals surface area contributed by atoms with Crippen LogP contribution in [0, 0.1) is 5.92 Å². The molecule has 1 N–H and O–H groups in total. The molecule has 2 fully saturated rings. The Balaban J connectivity index is 1.76. The molecule has 5 nitrogen and oxygen atoms in total. The molecule has 0 radical (unpaired) electrons. The number of ether oxygens (including phenoxy) is 1. The maximum atomic E-state index is 12.6. The first-order valence-electron chi connectivity index (χ1n) is 9.29. The summed E-state index contributed by atoms with van der Waals surface area (Å²) in [4.78, 5) is 19.6. The van der Waals surface area contributed by atoms with E-state index in [0.29, 0.717) is 11.9 Å². The average molecular weight is 331 g/mol. The molecule has 132 valence electrons. The molecule has 2 aliphatic rings. The lowest BCUT2D eigenvalue weighted by Gasteiger charge is -2.32. The van der Waals surface area contributed by atoms with Gasteiger partial charge in [-0.1, -0.05) is 25.3 Å². The van der Waals surface area contributed by atoms with Crippen LogP contribution in [0.1, 0.15) is 50.6 Å². The minimum Gasteiger partial charge on any atom is -0.481 e. The molecule has 0 bridgehead atoms. The first-order chi connectivity index (χ1) is 11.8. The zero-order valence-corrected chi connectivity index (χ0v) is 14.7. The summed E-state index contributed by atoms with van der Waals surface area (Å²) in [5, 5.41) is 3.15. The van der Waals surface area contributed by atoms with E-state index in [1.165, 1.54) is 19.3 Å². The number of carbonyl (C=O) groups is 1. The van der Waals surface area contributed by atoms with Crippen molar-refractivity contribution in [2.75, 3.05) is 20.2 Å². The van der Waals surface area contributed by atoms with Crippen LogP contribution >= 0.6 is 0 Å². The van der Waals surface area contributed by atoms with Crippen molar-refractivity contribution in [1.82, 2.24) is 15.2 Å². The first kappa shape index (κ1) is 17.2. The summed E-state index contributed by atoms with van der Waals surface area (Å²) in [7, 11) is 1.65. The van der Waals surface area contributed by atoms with Crippen LogP contribution in [0.15, 0.2) is 18.2 Å². The van der Waals surface area contributed by atoms with Gasteiger partial charge in [-0.3, -0.25) is 9.69 Å². The highest BCUT2D eigenvalue weighted by molar-refractivity contribution is 5.79. The lowest BCUT2D eigenvalue weighted by atomic mass is 10.00. The van der Waals surface area contributed by atoms with Crippen molar-refractivity contribution in [3.63, 3.8) is 0 Å². The topological polar surface area (TPSA) is 54.5 Å². The van der Waals surface area contributed by atoms with Gasteiger partial charge in [0.05, 0.1) is 18.7 Å². The number of carbonyl (C=O) groups excluding carboxylic acids is 1. The fourth-order valence-electron chi connectivity index (χ4n) is 4.05. The minimum atomic E-state index is 0.133. The maximum Gasteiger partial charge on any atom is 0.224 e. The molecule has 3 rings (SSSR count). The second kappa shape index (κ2) is 8.47. The van der Waals surface area contributed by atoms with Crippen LogP contribution in [0.5, 0.6) is 5.88 Å². The standard InChI is InChI=1S/C19H29N3O2/c1-24-18-11-6-8-15(21-18)14-22-13-5-3-2-4-12-20-19(23)16-9-7-10-17(16)22/h6,8,11,16-17H,2-5,7,9-10,12-14H2,1H3,(H,20,23)/t16-,17+/m1/s1. The molecule has 0 unspecified atom stereocenters. The molecule has 2 atom stereocenters. The van der Waals surface area contributed by atoms with Crippen molar-refractivity contribution in [2.45, 2.75) is 57.5 Å². The number of aromatic nitrogens is 1. The predicted octanol–water partition coefficient (Wildman–Crippen LogP) is 2.75. The second-order valence-electron chi connectivity index (χ2n) is 6.95. The van der Waals surface area contributed by atoms with Gasteiger partial charge in [-0.2, -0.15) is 0 Å². The SMILES string of the molecule is COc1cccc(CN2CCCCCCNC(=O)[C@@H]3CCC[C@@H]32)n1. The Morgan fingerprint density at radius 2 is 2.08 bits per heavy atom. The van der Waals surface area contributed by atoms with Gasteiger partial charge in [0.25, 0.3) is 0 Å². The Kier molecular flexibility index (Phi) is 6.07. The van der Waals surface area contributed by atoms with Crippen LogP contribution in [0.25, 0.3) is 0 Å². The molecule has 1 aliphatic carbocycles. The molecular formula is C19H29N3O2. The number of nitrogens with zero attached hydrogens (tertiary/aromatic N) is 2. The summed E-state index contributed by atoms with van der Waals surface area (Å²) in [5.74, 6) is 1.04. The van der Waals surface area contributed by atoms with E-state index in [0.717, 1.165) is 51.0 Å². The molecule has 24 heavy (non-hydrogen) atoms. The molecule has 2 heterocycles. The van der Waals surface area contributed by atoms with E-state index in [1.54, 1.807) is 7.11 Å². The van der Waals surface area contributed by atoms with E-state index in [1.807, 2.05) is 12.1 Å². The number of hydrogen-bond donors (Lipinski definition) is 1. The third kappa shape index (κ3) is 4.26. The van der Waals surface area contributed by atoms with Gasteiger partial charge in [-0.15, -0.1) is 0 Å². The number of rotatable bonds is 3. The largest absolute Gasteiger partial charge is 0.481 e. The van der Waals surface area contributed by atoms with Gasteiger partial charge in [-0.05, 0) is 38.3 Å². The average Bonchev–Trinajstić information content (AvgIpc) is 3.08. The van der Waals surface area contributed by atoms with E-state index in [-0.39, 0.29) is 11.8 Å². The molecule has 1 aromatic rings. The Labute approximate surface area is 144 Å². The smallest absolute Gasteiger partial charge is 0.224 e. The van der Waals surface area contributed by atoms with Crippen molar-refractivity contribution in [1.29, 1.82) is 0 Å². The Bertz CT molecular complexity index is 549. The summed E-state index contributed by atoms with van der Waals surface area (Å²) < 4.78 is 5.25. The van der Waals surface area contributed by atoms with Crippen LogP contribution in [-0.2, 0) is 11.3 Å². The number of pyridine rings is 1.